The van der Waals surface area contributed by atoms with Crippen LogP contribution in [0.25, 0.3) is 0 Å². The summed E-state index contributed by atoms with van der Waals surface area (Å²) in [6.45, 7) is 6.06. The number of hydrogen-bond acceptors (Lipinski definition) is 2. The number of halogens is 1. The number of ether oxygens (including phenoxy) is 1. The molecule has 15 heavy (non-hydrogen) atoms. The predicted octanol–water partition coefficient (Wildman–Crippen LogP) is 2.84. The lowest BCUT2D eigenvalue weighted by atomic mass is 10.1. The fourth-order valence-electron chi connectivity index (χ4n) is 1.92. The molecule has 3 heteroatoms. The number of hydrogen-bond donors (Lipinski definition) is 0. The second kappa shape index (κ2) is 5.10. The minimum Gasteiger partial charge on any atom is -0.379 e. The summed E-state index contributed by atoms with van der Waals surface area (Å²) in [4.78, 5) is 2.47. The maximum absolute atomic E-state index is 5.36. The van der Waals surface area contributed by atoms with Gasteiger partial charge in [-0.05, 0) is 24.6 Å². The largest absolute Gasteiger partial charge is 0.379 e. The number of benzene rings is 1. The quantitative estimate of drug-likeness (QED) is 0.819. The second-order valence-electron chi connectivity index (χ2n) is 3.88. The van der Waals surface area contributed by atoms with Gasteiger partial charge in [-0.15, -0.1) is 0 Å². The van der Waals surface area contributed by atoms with Crippen molar-refractivity contribution in [2.75, 3.05) is 26.3 Å². The topological polar surface area (TPSA) is 12.5 Å². The van der Waals surface area contributed by atoms with Gasteiger partial charge >= 0.3 is 0 Å². The van der Waals surface area contributed by atoms with Gasteiger partial charge in [-0.1, -0.05) is 28.1 Å². The number of nitrogens with zero attached hydrogens (tertiary/aromatic N) is 1. The minimum absolute atomic E-state index is 0.488. The Hall–Kier alpha value is -0.380. The van der Waals surface area contributed by atoms with Gasteiger partial charge in [-0.3, -0.25) is 4.90 Å². The van der Waals surface area contributed by atoms with Crippen LogP contribution in [0.5, 0.6) is 0 Å². The van der Waals surface area contributed by atoms with Gasteiger partial charge in [0.05, 0.1) is 13.2 Å². The normalized spacial score (nSPS) is 20.1. The highest BCUT2D eigenvalue weighted by Gasteiger charge is 2.17. The van der Waals surface area contributed by atoms with Crippen LogP contribution >= 0.6 is 15.9 Å². The molecule has 0 N–H and O–H groups in total. The molecule has 0 spiro atoms. The fraction of sp³-hybridized carbons (Fsp3) is 0.500. The summed E-state index contributed by atoms with van der Waals surface area (Å²) in [5.41, 5.74) is 1.38. The third kappa shape index (κ3) is 2.80. The fourth-order valence-corrected chi connectivity index (χ4v) is 2.18. The molecule has 2 rings (SSSR count). The summed E-state index contributed by atoms with van der Waals surface area (Å²) < 4.78 is 6.49. The van der Waals surface area contributed by atoms with Gasteiger partial charge in [0.25, 0.3) is 0 Å². The molecule has 1 fully saturated rings. The molecule has 1 aromatic carbocycles. The lowest BCUT2D eigenvalue weighted by Crippen LogP contribution is -2.37. The lowest BCUT2D eigenvalue weighted by molar-refractivity contribution is 0.0198. The summed E-state index contributed by atoms with van der Waals surface area (Å²) in [5, 5.41) is 0. The van der Waals surface area contributed by atoms with Crippen molar-refractivity contribution >= 4 is 15.9 Å². The van der Waals surface area contributed by atoms with Crippen molar-refractivity contribution in [1.29, 1.82) is 0 Å². The number of rotatable bonds is 2. The zero-order valence-corrected chi connectivity index (χ0v) is 10.5. The van der Waals surface area contributed by atoms with Gasteiger partial charge in [-0.25, -0.2) is 0 Å². The molecule has 1 atom stereocenters. The van der Waals surface area contributed by atoms with E-state index in [0.717, 1.165) is 30.8 Å². The molecular formula is C12H16BrNO. The van der Waals surface area contributed by atoms with Crippen LogP contribution in [-0.4, -0.2) is 31.2 Å². The van der Waals surface area contributed by atoms with Crippen LogP contribution in [0, 0.1) is 0 Å². The average Bonchev–Trinajstić information content (AvgIpc) is 2.30. The van der Waals surface area contributed by atoms with Gasteiger partial charge in [0.2, 0.25) is 0 Å². The van der Waals surface area contributed by atoms with Gasteiger partial charge in [0, 0.05) is 23.6 Å². The molecule has 1 aliphatic rings. The highest BCUT2D eigenvalue weighted by atomic mass is 79.9. The summed E-state index contributed by atoms with van der Waals surface area (Å²) in [6.07, 6.45) is 0. The van der Waals surface area contributed by atoms with Gasteiger partial charge in [0.15, 0.2) is 0 Å². The van der Waals surface area contributed by atoms with Crippen LogP contribution in [0.1, 0.15) is 18.5 Å². The first-order chi connectivity index (χ1) is 7.27. The Bertz CT molecular complexity index is 306. The van der Waals surface area contributed by atoms with E-state index in [4.69, 9.17) is 4.74 Å². The van der Waals surface area contributed by atoms with Crippen LogP contribution in [0.2, 0.25) is 0 Å². The van der Waals surface area contributed by atoms with E-state index in [2.05, 4.69) is 52.0 Å². The van der Waals surface area contributed by atoms with Gasteiger partial charge in [0.1, 0.15) is 0 Å². The Morgan fingerprint density at radius 2 is 1.80 bits per heavy atom. The maximum Gasteiger partial charge on any atom is 0.0594 e. The van der Waals surface area contributed by atoms with Crippen LogP contribution in [0.4, 0.5) is 0 Å². The SMILES string of the molecule is C[C@@H](c1ccc(Br)cc1)N1CCOCC1. The van der Waals surface area contributed by atoms with E-state index in [-0.39, 0.29) is 0 Å². The summed E-state index contributed by atoms with van der Waals surface area (Å²) in [7, 11) is 0. The zero-order chi connectivity index (χ0) is 10.7. The van der Waals surface area contributed by atoms with Crippen molar-refractivity contribution in [2.24, 2.45) is 0 Å². The van der Waals surface area contributed by atoms with Crippen LogP contribution in [0.15, 0.2) is 28.7 Å². The van der Waals surface area contributed by atoms with Crippen LogP contribution in [0.3, 0.4) is 0 Å². The Morgan fingerprint density at radius 1 is 1.20 bits per heavy atom. The van der Waals surface area contributed by atoms with E-state index >= 15 is 0 Å². The van der Waals surface area contributed by atoms with E-state index in [1.807, 2.05) is 0 Å². The Labute approximate surface area is 99.4 Å². The summed E-state index contributed by atoms with van der Waals surface area (Å²) in [5.74, 6) is 0. The molecule has 0 bridgehead atoms. The van der Waals surface area contributed by atoms with E-state index in [1.54, 1.807) is 0 Å². The molecule has 0 aliphatic carbocycles. The van der Waals surface area contributed by atoms with Crippen molar-refractivity contribution in [3.63, 3.8) is 0 Å². The lowest BCUT2D eigenvalue weighted by Gasteiger charge is -2.32. The van der Waals surface area contributed by atoms with Crippen LogP contribution < -0.4 is 0 Å². The highest BCUT2D eigenvalue weighted by Crippen LogP contribution is 2.22. The standard InChI is InChI=1S/C12H16BrNO/c1-10(14-6-8-15-9-7-14)11-2-4-12(13)5-3-11/h2-5,10H,6-9H2,1H3/t10-/m0/s1. The molecule has 1 aliphatic heterocycles. The summed E-state index contributed by atoms with van der Waals surface area (Å²) >= 11 is 3.46. The predicted molar refractivity (Wildman–Crippen MR) is 64.9 cm³/mol. The molecule has 2 nitrogen and oxygen atoms in total. The third-order valence-corrected chi connectivity index (χ3v) is 3.47. The van der Waals surface area contributed by atoms with E-state index in [0.29, 0.717) is 6.04 Å². The zero-order valence-electron chi connectivity index (χ0n) is 8.95. The monoisotopic (exact) mass is 269 g/mol. The van der Waals surface area contributed by atoms with E-state index in [1.165, 1.54) is 5.56 Å². The van der Waals surface area contributed by atoms with Crippen molar-refractivity contribution in [3.8, 4) is 0 Å². The van der Waals surface area contributed by atoms with Gasteiger partial charge in [-0.2, -0.15) is 0 Å². The first kappa shape index (κ1) is 11.1. The number of morpholine rings is 1. The van der Waals surface area contributed by atoms with Crippen molar-refractivity contribution in [3.05, 3.63) is 34.3 Å². The van der Waals surface area contributed by atoms with Crippen molar-refractivity contribution in [2.45, 2.75) is 13.0 Å². The summed E-state index contributed by atoms with van der Waals surface area (Å²) in [6, 6.07) is 9.06. The smallest absolute Gasteiger partial charge is 0.0594 e. The second-order valence-corrected chi connectivity index (χ2v) is 4.79. The molecule has 0 amide bonds. The Kier molecular flexibility index (Phi) is 3.78. The van der Waals surface area contributed by atoms with Gasteiger partial charge < -0.3 is 4.74 Å². The molecule has 0 saturated carbocycles. The van der Waals surface area contributed by atoms with Crippen LogP contribution in [-0.2, 0) is 4.74 Å². The minimum atomic E-state index is 0.488. The third-order valence-electron chi connectivity index (χ3n) is 2.95. The Balaban J connectivity index is 2.05. The molecule has 1 heterocycles. The first-order valence-electron chi connectivity index (χ1n) is 5.34. The average molecular weight is 270 g/mol. The molecular weight excluding hydrogens is 254 g/mol. The first-order valence-corrected chi connectivity index (χ1v) is 6.14. The molecule has 82 valence electrons. The highest BCUT2D eigenvalue weighted by molar-refractivity contribution is 9.10. The van der Waals surface area contributed by atoms with Crippen molar-refractivity contribution < 1.29 is 4.74 Å². The van der Waals surface area contributed by atoms with E-state index in [9.17, 15) is 0 Å². The molecule has 0 radical (unpaired) electrons. The maximum atomic E-state index is 5.36. The Morgan fingerprint density at radius 3 is 2.40 bits per heavy atom. The van der Waals surface area contributed by atoms with Crippen molar-refractivity contribution in [1.82, 2.24) is 4.90 Å². The molecule has 1 aromatic rings. The molecule has 0 aromatic heterocycles. The van der Waals surface area contributed by atoms with E-state index < -0.39 is 0 Å². The molecule has 1 saturated heterocycles. The molecule has 0 unspecified atom stereocenters.